The van der Waals surface area contributed by atoms with Crippen molar-refractivity contribution in [2.24, 2.45) is 11.5 Å². The van der Waals surface area contributed by atoms with Crippen molar-refractivity contribution in [3.63, 3.8) is 0 Å². The first-order chi connectivity index (χ1) is 8.07. The monoisotopic (exact) mass is 266 g/mol. The average molecular weight is 266 g/mol. The summed E-state index contributed by atoms with van der Waals surface area (Å²) in [4.78, 5) is 39.2. The van der Waals surface area contributed by atoms with Crippen molar-refractivity contribution in [1.82, 2.24) is 0 Å². The molecule has 0 aliphatic carbocycles. The van der Waals surface area contributed by atoms with Crippen LogP contribution in [0.3, 0.4) is 0 Å². The van der Waals surface area contributed by atoms with Gasteiger partial charge in [0.2, 0.25) is 0 Å². The molecule has 0 aromatic heterocycles. The maximum absolute atomic E-state index is 9.85. The molecule has 0 aromatic rings. The SMILES string of the molecule is NC(CC(=O)O)C(=O)O.N[C@H](CC(=O)O)C(=O)O. The first-order valence-electron chi connectivity index (χ1n) is 4.48. The summed E-state index contributed by atoms with van der Waals surface area (Å²) in [7, 11) is 0. The van der Waals surface area contributed by atoms with E-state index in [1.807, 2.05) is 0 Å². The molecular weight excluding hydrogens is 252 g/mol. The molecule has 104 valence electrons. The third-order valence-electron chi connectivity index (χ3n) is 1.42. The second-order valence-electron chi connectivity index (χ2n) is 3.09. The second-order valence-corrected chi connectivity index (χ2v) is 3.09. The zero-order valence-corrected chi connectivity index (χ0v) is 9.15. The van der Waals surface area contributed by atoms with Crippen molar-refractivity contribution in [2.75, 3.05) is 0 Å². The molecule has 10 nitrogen and oxygen atoms in total. The van der Waals surface area contributed by atoms with Crippen LogP contribution in [0.25, 0.3) is 0 Å². The smallest absolute Gasteiger partial charge is 0.321 e. The average Bonchev–Trinajstić information content (AvgIpc) is 2.16. The van der Waals surface area contributed by atoms with Gasteiger partial charge in [0.05, 0.1) is 12.8 Å². The Kier molecular flexibility index (Phi) is 8.98. The van der Waals surface area contributed by atoms with Crippen molar-refractivity contribution in [3.05, 3.63) is 0 Å². The molecule has 2 atom stereocenters. The summed E-state index contributed by atoms with van der Waals surface area (Å²) in [5.41, 5.74) is 9.67. The molecule has 0 heterocycles. The third-order valence-corrected chi connectivity index (χ3v) is 1.42. The van der Waals surface area contributed by atoms with Gasteiger partial charge < -0.3 is 31.9 Å². The summed E-state index contributed by atoms with van der Waals surface area (Å²) in [6, 6.07) is -2.58. The highest BCUT2D eigenvalue weighted by Crippen LogP contribution is 1.86. The molecule has 0 saturated heterocycles. The predicted molar refractivity (Wildman–Crippen MR) is 55.7 cm³/mol. The lowest BCUT2D eigenvalue weighted by Crippen LogP contribution is -2.32. The van der Waals surface area contributed by atoms with Gasteiger partial charge in [0, 0.05) is 0 Å². The largest absolute Gasteiger partial charge is 0.481 e. The molecule has 18 heavy (non-hydrogen) atoms. The lowest BCUT2D eigenvalue weighted by Gasteiger charge is -1.99. The Morgan fingerprint density at radius 2 is 0.944 bits per heavy atom. The fraction of sp³-hybridized carbons (Fsp3) is 0.500. The lowest BCUT2D eigenvalue weighted by molar-refractivity contribution is -0.144. The van der Waals surface area contributed by atoms with Crippen LogP contribution < -0.4 is 11.5 Å². The van der Waals surface area contributed by atoms with Crippen molar-refractivity contribution in [2.45, 2.75) is 24.9 Å². The van der Waals surface area contributed by atoms with E-state index in [2.05, 4.69) is 0 Å². The molecule has 0 bridgehead atoms. The first-order valence-corrected chi connectivity index (χ1v) is 4.48. The van der Waals surface area contributed by atoms with Gasteiger partial charge in [0.15, 0.2) is 0 Å². The molecule has 1 unspecified atom stereocenters. The Labute approximate surface area is 101 Å². The molecule has 0 radical (unpaired) electrons. The van der Waals surface area contributed by atoms with E-state index >= 15 is 0 Å². The van der Waals surface area contributed by atoms with Crippen LogP contribution in [0.4, 0.5) is 0 Å². The van der Waals surface area contributed by atoms with Gasteiger partial charge in [0.25, 0.3) is 0 Å². The maximum atomic E-state index is 9.85. The Morgan fingerprint density at radius 1 is 0.722 bits per heavy atom. The topological polar surface area (TPSA) is 201 Å². The Balaban J connectivity index is 0. The standard InChI is InChI=1S/2C4H7NO4/c2*5-2(4(8)9)1-3(6)7/h2*2H,1,5H2,(H,6,7)(H,8,9)/t2-;/m1./s1. The van der Waals surface area contributed by atoms with Crippen molar-refractivity contribution >= 4 is 23.9 Å². The molecule has 0 rings (SSSR count). The molecule has 0 amide bonds. The van der Waals surface area contributed by atoms with E-state index in [-0.39, 0.29) is 0 Å². The maximum Gasteiger partial charge on any atom is 0.321 e. The number of carbonyl (C=O) groups is 4. The Hall–Kier alpha value is -2.20. The van der Waals surface area contributed by atoms with Crippen LogP contribution in [0.15, 0.2) is 0 Å². The highest BCUT2D eigenvalue weighted by molar-refractivity contribution is 5.80. The van der Waals surface area contributed by atoms with Gasteiger partial charge in [-0.05, 0) is 0 Å². The summed E-state index contributed by atoms with van der Waals surface area (Å²) in [5, 5.41) is 32.1. The highest BCUT2D eigenvalue weighted by Gasteiger charge is 2.15. The van der Waals surface area contributed by atoms with Crippen LogP contribution in [-0.4, -0.2) is 56.4 Å². The molecule has 0 spiro atoms. The van der Waals surface area contributed by atoms with Crippen LogP contribution in [0, 0.1) is 0 Å². The van der Waals surface area contributed by atoms with Gasteiger partial charge in [-0.3, -0.25) is 19.2 Å². The number of aliphatic carboxylic acids is 4. The molecule has 0 aromatic carbocycles. The second kappa shape index (κ2) is 8.90. The van der Waals surface area contributed by atoms with Gasteiger partial charge in [-0.15, -0.1) is 0 Å². The fourth-order valence-corrected chi connectivity index (χ4v) is 0.551. The van der Waals surface area contributed by atoms with Gasteiger partial charge in [0.1, 0.15) is 12.1 Å². The molecule has 0 fully saturated rings. The summed E-state index contributed by atoms with van der Waals surface area (Å²) in [6.07, 6.45) is -1.06. The van der Waals surface area contributed by atoms with E-state index in [1.54, 1.807) is 0 Å². The molecule has 10 heteroatoms. The number of hydrogen-bond donors (Lipinski definition) is 6. The minimum absolute atomic E-state index is 0.532. The molecule has 0 aliphatic rings. The van der Waals surface area contributed by atoms with Crippen molar-refractivity contribution < 1.29 is 39.6 Å². The van der Waals surface area contributed by atoms with Crippen LogP contribution in [-0.2, 0) is 19.2 Å². The minimum atomic E-state index is -1.29. The van der Waals surface area contributed by atoms with Gasteiger partial charge in [-0.2, -0.15) is 0 Å². The third kappa shape index (κ3) is 11.9. The normalized spacial score (nSPS) is 12.6. The highest BCUT2D eigenvalue weighted by atomic mass is 16.4. The number of nitrogens with two attached hydrogens (primary N) is 2. The van der Waals surface area contributed by atoms with Crippen molar-refractivity contribution in [3.8, 4) is 0 Å². The number of carboxylic acid groups (broad SMARTS) is 4. The fourth-order valence-electron chi connectivity index (χ4n) is 0.551. The lowest BCUT2D eigenvalue weighted by atomic mass is 10.2. The van der Waals surface area contributed by atoms with Gasteiger partial charge in [-0.1, -0.05) is 0 Å². The van der Waals surface area contributed by atoms with E-state index in [4.69, 9.17) is 31.9 Å². The van der Waals surface area contributed by atoms with Crippen LogP contribution in [0.5, 0.6) is 0 Å². The van der Waals surface area contributed by atoms with E-state index in [0.29, 0.717) is 0 Å². The minimum Gasteiger partial charge on any atom is -0.481 e. The van der Waals surface area contributed by atoms with E-state index < -0.39 is 48.8 Å². The number of rotatable bonds is 6. The zero-order chi connectivity index (χ0) is 14.9. The molecule has 8 N–H and O–H groups in total. The quantitative estimate of drug-likeness (QED) is 0.304. The number of hydrogen-bond acceptors (Lipinski definition) is 6. The van der Waals surface area contributed by atoms with Gasteiger partial charge >= 0.3 is 23.9 Å². The van der Waals surface area contributed by atoms with Crippen molar-refractivity contribution in [1.29, 1.82) is 0 Å². The summed E-state index contributed by atoms with van der Waals surface area (Å²) in [6.45, 7) is 0. The Bertz CT molecular complexity index is 297. The van der Waals surface area contributed by atoms with Crippen LogP contribution >= 0.6 is 0 Å². The van der Waals surface area contributed by atoms with E-state index in [9.17, 15) is 19.2 Å². The van der Waals surface area contributed by atoms with E-state index in [1.165, 1.54) is 0 Å². The molecule has 0 aliphatic heterocycles. The number of carboxylic acids is 4. The van der Waals surface area contributed by atoms with E-state index in [0.717, 1.165) is 0 Å². The van der Waals surface area contributed by atoms with Crippen LogP contribution in [0.1, 0.15) is 12.8 Å². The summed E-state index contributed by atoms with van der Waals surface area (Å²) in [5.74, 6) is -5.00. The Morgan fingerprint density at radius 3 is 1.00 bits per heavy atom. The summed E-state index contributed by atoms with van der Waals surface area (Å²) >= 11 is 0. The first kappa shape index (κ1) is 18.2. The van der Waals surface area contributed by atoms with Gasteiger partial charge in [-0.25, -0.2) is 0 Å². The molecule has 0 saturated carbocycles. The van der Waals surface area contributed by atoms with Crippen LogP contribution in [0.2, 0.25) is 0 Å². The molecular formula is C8H14N2O8. The summed E-state index contributed by atoms with van der Waals surface area (Å²) < 4.78 is 0. The zero-order valence-electron chi connectivity index (χ0n) is 9.15. The predicted octanol–water partition coefficient (Wildman–Crippen LogP) is -2.25.